The van der Waals surface area contributed by atoms with E-state index in [2.05, 4.69) is 25.9 Å². The van der Waals surface area contributed by atoms with Crippen molar-refractivity contribution in [1.29, 1.82) is 0 Å². The van der Waals surface area contributed by atoms with Gasteiger partial charge in [0, 0.05) is 12.7 Å². The Labute approximate surface area is 169 Å². The maximum absolute atomic E-state index is 14.6. The van der Waals surface area contributed by atoms with Gasteiger partial charge in [0.1, 0.15) is 11.6 Å². The Morgan fingerprint density at radius 2 is 2.00 bits per heavy atom. The van der Waals surface area contributed by atoms with Gasteiger partial charge in [-0.05, 0) is 19.4 Å². The van der Waals surface area contributed by atoms with Crippen molar-refractivity contribution in [3.63, 3.8) is 0 Å². The highest BCUT2D eigenvalue weighted by molar-refractivity contribution is 5.98. The van der Waals surface area contributed by atoms with E-state index < -0.39 is 35.7 Å². The molecule has 2 aromatic rings. The van der Waals surface area contributed by atoms with Crippen LogP contribution in [0.1, 0.15) is 22.5 Å². The van der Waals surface area contributed by atoms with Crippen molar-refractivity contribution in [1.82, 2.24) is 15.3 Å². The molecule has 1 saturated heterocycles. The van der Waals surface area contributed by atoms with Crippen LogP contribution in [0.2, 0.25) is 0 Å². The van der Waals surface area contributed by atoms with Crippen LogP contribution in [0.3, 0.4) is 0 Å². The number of nitrogens with zero attached hydrogens (tertiary/aromatic N) is 2. The molecule has 3 heterocycles. The molecule has 0 radical (unpaired) electrons. The second kappa shape index (κ2) is 8.86. The summed E-state index contributed by atoms with van der Waals surface area (Å²) in [5.41, 5.74) is 5.44. The molecule has 6 N–H and O–H groups in total. The van der Waals surface area contributed by atoms with Gasteiger partial charge in [0.15, 0.2) is 11.6 Å². The van der Waals surface area contributed by atoms with Crippen LogP contribution >= 0.6 is 0 Å². The van der Waals surface area contributed by atoms with Crippen LogP contribution < -0.4 is 21.7 Å². The van der Waals surface area contributed by atoms with Gasteiger partial charge in [-0.3, -0.25) is 9.78 Å². The molecule has 0 aliphatic carbocycles. The molecule has 0 bridgehead atoms. The first-order valence-corrected chi connectivity index (χ1v) is 8.98. The first-order chi connectivity index (χ1) is 14.2. The summed E-state index contributed by atoms with van der Waals surface area (Å²) in [6.07, 6.45) is 0.470. The van der Waals surface area contributed by atoms with Gasteiger partial charge in [-0.2, -0.15) is 0 Å². The molecular weight excluding hydrogens is 402 g/mol. The molecule has 10 nitrogen and oxygen atoms in total. The van der Waals surface area contributed by atoms with Crippen LogP contribution in [0.25, 0.3) is 0 Å². The fourth-order valence-electron chi connectivity index (χ4n) is 2.97. The van der Waals surface area contributed by atoms with Crippen molar-refractivity contribution < 1.29 is 28.2 Å². The van der Waals surface area contributed by atoms with Crippen LogP contribution in [0.4, 0.5) is 30.9 Å². The summed E-state index contributed by atoms with van der Waals surface area (Å²) in [4.78, 5) is 30.7. The summed E-state index contributed by atoms with van der Waals surface area (Å²) in [6.45, 7) is 1.93. The van der Waals surface area contributed by atoms with Crippen LogP contribution in [-0.4, -0.2) is 52.4 Å². The van der Waals surface area contributed by atoms with Crippen molar-refractivity contribution in [2.24, 2.45) is 5.73 Å². The van der Waals surface area contributed by atoms with Gasteiger partial charge in [-0.1, -0.05) is 0 Å². The van der Waals surface area contributed by atoms with E-state index in [1.165, 1.54) is 13.1 Å². The van der Waals surface area contributed by atoms with Crippen LogP contribution in [0, 0.1) is 18.6 Å². The number of hydrogen-bond donors (Lipinski definition) is 5. The lowest BCUT2D eigenvalue weighted by Crippen LogP contribution is -2.52. The first-order valence-electron chi connectivity index (χ1n) is 8.98. The third-order valence-electron chi connectivity index (χ3n) is 4.52. The molecule has 3 rings (SSSR count). The molecule has 0 saturated carbocycles. The minimum absolute atomic E-state index is 0.102. The lowest BCUT2D eigenvalue weighted by Gasteiger charge is -2.32. The van der Waals surface area contributed by atoms with Crippen molar-refractivity contribution in [2.75, 3.05) is 23.8 Å². The number of pyridine rings is 2. The second-order valence-corrected chi connectivity index (χ2v) is 6.67. The number of carboxylic acid groups (broad SMARTS) is 1. The quantitative estimate of drug-likeness (QED) is 0.472. The number of primary amides is 1. The van der Waals surface area contributed by atoms with Gasteiger partial charge in [0.25, 0.3) is 5.91 Å². The van der Waals surface area contributed by atoms with E-state index in [4.69, 9.17) is 15.6 Å². The Kier molecular flexibility index (Phi) is 6.26. The molecule has 160 valence electrons. The van der Waals surface area contributed by atoms with Gasteiger partial charge in [0.05, 0.1) is 41.8 Å². The fraction of sp³-hybridized carbons (Fsp3) is 0.333. The van der Waals surface area contributed by atoms with Crippen LogP contribution in [-0.2, 0) is 4.74 Å². The van der Waals surface area contributed by atoms with E-state index in [9.17, 15) is 18.4 Å². The topological polar surface area (TPSA) is 151 Å². The number of amides is 2. The Bertz CT molecular complexity index is 974. The highest BCUT2D eigenvalue weighted by Crippen LogP contribution is 2.25. The summed E-state index contributed by atoms with van der Waals surface area (Å²) >= 11 is 0. The monoisotopic (exact) mass is 422 g/mol. The average molecular weight is 422 g/mol. The molecule has 1 aliphatic rings. The van der Waals surface area contributed by atoms with E-state index >= 15 is 0 Å². The van der Waals surface area contributed by atoms with E-state index in [0.29, 0.717) is 13.0 Å². The first kappa shape index (κ1) is 21.2. The molecule has 12 heteroatoms. The van der Waals surface area contributed by atoms with Gasteiger partial charge < -0.3 is 31.5 Å². The molecule has 2 amide bonds. The van der Waals surface area contributed by atoms with Crippen molar-refractivity contribution in [2.45, 2.75) is 25.4 Å². The van der Waals surface area contributed by atoms with Crippen molar-refractivity contribution in [3.8, 4) is 0 Å². The number of hydrogen-bond acceptors (Lipinski definition) is 7. The van der Waals surface area contributed by atoms with Gasteiger partial charge >= 0.3 is 6.09 Å². The second-order valence-electron chi connectivity index (χ2n) is 6.67. The number of carbonyl (C=O) groups is 2. The SMILES string of the molecule is Cc1ncc(Nc2nc(N[C@@H]3CCOC[C@@H]3NC(=O)O)c(F)cc2C(N)=O)cc1F. The lowest BCUT2D eigenvalue weighted by molar-refractivity contribution is 0.0625. The van der Waals surface area contributed by atoms with E-state index in [0.717, 1.165) is 12.1 Å². The highest BCUT2D eigenvalue weighted by atomic mass is 19.1. The summed E-state index contributed by atoms with van der Waals surface area (Å²) < 4.78 is 33.6. The number of aromatic nitrogens is 2. The Balaban J connectivity index is 1.91. The largest absolute Gasteiger partial charge is 0.465 e. The molecule has 1 aliphatic heterocycles. The minimum atomic E-state index is -1.24. The van der Waals surface area contributed by atoms with E-state index in [1.54, 1.807) is 0 Å². The number of nitrogens with two attached hydrogens (primary N) is 1. The molecule has 2 atom stereocenters. The number of nitrogens with one attached hydrogen (secondary N) is 3. The summed E-state index contributed by atoms with van der Waals surface area (Å²) in [5.74, 6) is -2.71. The molecule has 30 heavy (non-hydrogen) atoms. The smallest absolute Gasteiger partial charge is 0.405 e. The maximum atomic E-state index is 14.6. The fourth-order valence-corrected chi connectivity index (χ4v) is 2.97. The summed E-state index contributed by atoms with van der Waals surface area (Å²) in [6, 6.07) is 0.899. The van der Waals surface area contributed by atoms with Crippen LogP contribution in [0.15, 0.2) is 18.3 Å². The van der Waals surface area contributed by atoms with Crippen molar-refractivity contribution in [3.05, 3.63) is 41.2 Å². The van der Waals surface area contributed by atoms with Crippen LogP contribution in [0.5, 0.6) is 0 Å². The number of aryl methyl sites for hydroxylation is 1. The molecule has 2 aromatic heterocycles. The number of rotatable bonds is 6. The molecule has 0 unspecified atom stereocenters. The number of carbonyl (C=O) groups excluding carboxylic acids is 1. The minimum Gasteiger partial charge on any atom is -0.465 e. The number of anilines is 3. The predicted octanol–water partition coefficient (Wildman–Crippen LogP) is 1.74. The average Bonchev–Trinajstić information content (AvgIpc) is 2.68. The van der Waals surface area contributed by atoms with Gasteiger partial charge in [-0.15, -0.1) is 0 Å². The van der Waals surface area contributed by atoms with Gasteiger partial charge in [-0.25, -0.2) is 18.6 Å². The zero-order valence-corrected chi connectivity index (χ0v) is 15.9. The Morgan fingerprint density at radius 1 is 1.23 bits per heavy atom. The number of halogens is 2. The predicted molar refractivity (Wildman–Crippen MR) is 103 cm³/mol. The summed E-state index contributed by atoms with van der Waals surface area (Å²) in [7, 11) is 0. The zero-order chi connectivity index (χ0) is 21.8. The molecule has 0 aromatic carbocycles. The Morgan fingerprint density at radius 3 is 2.67 bits per heavy atom. The third-order valence-corrected chi connectivity index (χ3v) is 4.52. The van der Waals surface area contributed by atoms with E-state index in [1.807, 2.05) is 0 Å². The summed E-state index contributed by atoms with van der Waals surface area (Å²) in [5, 5.41) is 16.8. The zero-order valence-electron chi connectivity index (χ0n) is 15.9. The normalized spacial score (nSPS) is 18.5. The standard InChI is InChI=1S/C18H20F2N6O4/c1-8-11(19)4-9(6-22-8)23-16-10(15(21)27)5-12(20)17(26-16)24-13-2-3-30-7-14(13)25-18(28)29/h4-6,13-14,25H,2-3,7H2,1H3,(H2,21,27)(H,28,29)(H2,23,24,26)/t13-,14+/m1/s1. The molecule has 1 fully saturated rings. The third kappa shape index (κ3) is 4.89. The molecule has 0 spiro atoms. The Hall–Kier alpha value is -3.54. The number of ether oxygens (including phenoxy) is 1. The maximum Gasteiger partial charge on any atom is 0.405 e. The lowest BCUT2D eigenvalue weighted by atomic mass is 10.0. The van der Waals surface area contributed by atoms with Gasteiger partial charge in [0.2, 0.25) is 0 Å². The molecular formula is C18H20F2N6O4. The highest BCUT2D eigenvalue weighted by Gasteiger charge is 2.29. The van der Waals surface area contributed by atoms with Crippen molar-refractivity contribution >= 4 is 29.3 Å². The van der Waals surface area contributed by atoms with E-state index in [-0.39, 0.29) is 35.2 Å².